The molecule has 0 spiro atoms. The summed E-state index contributed by atoms with van der Waals surface area (Å²) in [4.78, 5) is 18.6. The molecule has 3 aromatic heterocycles. The number of fused-ring (bicyclic) bond motifs is 2. The van der Waals surface area contributed by atoms with E-state index in [-0.39, 0.29) is 0 Å². The summed E-state index contributed by atoms with van der Waals surface area (Å²) in [5, 5.41) is 6.84. The van der Waals surface area contributed by atoms with Gasteiger partial charge in [-0.25, -0.2) is 19.6 Å². The molecule has 1 aliphatic heterocycles. The number of aromatic nitrogens is 5. The van der Waals surface area contributed by atoms with E-state index in [0.717, 1.165) is 71.6 Å². The zero-order valence-electron chi connectivity index (χ0n) is 18.3. The highest BCUT2D eigenvalue weighted by Gasteiger charge is 2.21. The van der Waals surface area contributed by atoms with Crippen LogP contribution in [0.4, 0.5) is 11.6 Å². The van der Waals surface area contributed by atoms with Gasteiger partial charge in [-0.15, -0.1) is 0 Å². The van der Waals surface area contributed by atoms with Crippen LogP contribution < -0.4 is 10.6 Å². The zero-order valence-corrected chi connectivity index (χ0v) is 18.3. The molecule has 31 heavy (non-hydrogen) atoms. The average Bonchev–Trinajstić information content (AvgIpc) is 3.13. The van der Waals surface area contributed by atoms with Crippen molar-refractivity contribution >= 4 is 33.6 Å². The lowest BCUT2D eigenvalue weighted by atomic mass is 10.1. The quantitative estimate of drug-likeness (QED) is 0.547. The SMILES string of the molecule is CCc1nn(Cc2cc3cccc(C)c3nc2N2CCN(C)CC2)c2ncnc(N)c12. The van der Waals surface area contributed by atoms with E-state index >= 15 is 0 Å². The lowest BCUT2D eigenvalue weighted by molar-refractivity contribution is 0.312. The molecule has 1 fully saturated rings. The summed E-state index contributed by atoms with van der Waals surface area (Å²) in [6.45, 7) is 8.77. The number of hydrogen-bond acceptors (Lipinski definition) is 7. The van der Waals surface area contributed by atoms with Crippen molar-refractivity contribution in [2.24, 2.45) is 0 Å². The van der Waals surface area contributed by atoms with Crippen LogP contribution in [0.1, 0.15) is 23.7 Å². The van der Waals surface area contributed by atoms with Gasteiger partial charge in [0.15, 0.2) is 5.65 Å². The van der Waals surface area contributed by atoms with Gasteiger partial charge in [-0.2, -0.15) is 5.10 Å². The standard InChI is InChI=1S/C23H28N8/c1-4-18-19-21(24)25-14-26-23(19)31(28-18)13-17-12-16-7-5-6-15(2)20(16)27-22(17)30-10-8-29(3)9-11-30/h5-7,12,14H,4,8-11,13H2,1-3H3,(H2,24,25,26). The van der Waals surface area contributed by atoms with Crippen LogP contribution in [0.5, 0.6) is 0 Å². The summed E-state index contributed by atoms with van der Waals surface area (Å²) >= 11 is 0. The van der Waals surface area contributed by atoms with Gasteiger partial charge in [-0.05, 0) is 32.0 Å². The Labute approximate surface area is 181 Å². The molecule has 0 aliphatic carbocycles. The third-order valence-electron chi connectivity index (χ3n) is 6.19. The number of nitrogens with two attached hydrogens (primary N) is 1. The summed E-state index contributed by atoms with van der Waals surface area (Å²) in [5.74, 6) is 1.53. The Bertz CT molecular complexity index is 1250. The van der Waals surface area contributed by atoms with Crippen LogP contribution in [0, 0.1) is 6.92 Å². The number of nitrogen functional groups attached to an aromatic ring is 1. The molecule has 2 N–H and O–H groups in total. The molecule has 0 atom stereocenters. The fourth-order valence-corrected chi connectivity index (χ4v) is 4.41. The van der Waals surface area contributed by atoms with E-state index in [9.17, 15) is 0 Å². The van der Waals surface area contributed by atoms with Crippen molar-refractivity contribution in [1.29, 1.82) is 0 Å². The monoisotopic (exact) mass is 416 g/mol. The predicted molar refractivity (Wildman–Crippen MR) is 124 cm³/mol. The highest BCUT2D eigenvalue weighted by molar-refractivity contribution is 5.88. The first-order valence-electron chi connectivity index (χ1n) is 10.8. The second-order valence-corrected chi connectivity index (χ2v) is 8.32. The Morgan fingerprint density at radius 2 is 1.90 bits per heavy atom. The maximum Gasteiger partial charge on any atom is 0.163 e. The maximum atomic E-state index is 6.16. The van der Waals surface area contributed by atoms with Crippen LogP contribution in [-0.2, 0) is 13.0 Å². The van der Waals surface area contributed by atoms with Crippen LogP contribution in [-0.4, -0.2) is 62.9 Å². The number of para-hydroxylation sites is 1. The Morgan fingerprint density at radius 3 is 2.68 bits per heavy atom. The number of likely N-dealkylation sites (N-methyl/N-ethyl adjacent to an activating group) is 1. The highest BCUT2D eigenvalue weighted by Crippen LogP contribution is 2.29. The second-order valence-electron chi connectivity index (χ2n) is 8.32. The summed E-state index contributed by atoms with van der Waals surface area (Å²) < 4.78 is 1.95. The van der Waals surface area contributed by atoms with E-state index < -0.39 is 0 Å². The van der Waals surface area contributed by atoms with E-state index in [2.05, 4.69) is 64.9 Å². The van der Waals surface area contributed by atoms with Crippen molar-refractivity contribution in [2.45, 2.75) is 26.8 Å². The minimum absolute atomic E-state index is 0.486. The summed E-state index contributed by atoms with van der Waals surface area (Å²) in [6, 6.07) is 8.60. The van der Waals surface area contributed by atoms with E-state index in [4.69, 9.17) is 15.8 Å². The Balaban J connectivity index is 1.65. The van der Waals surface area contributed by atoms with Gasteiger partial charge in [0, 0.05) is 37.1 Å². The summed E-state index contributed by atoms with van der Waals surface area (Å²) in [5.41, 5.74) is 11.3. The van der Waals surface area contributed by atoms with E-state index in [0.29, 0.717) is 12.4 Å². The van der Waals surface area contributed by atoms with E-state index in [1.54, 1.807) is 0 Å². The molecule has 4 heterocycles. The first-order valence-corrected chi connectivity index (χ1v) is 10.8. The molecule has 4 aromatic rings. The van der Waals surface area contributed by atoms with Crippen molar-refractivity contribution in [2.75, 3.05) is 43.9 Å². The molecule has 1 aromatic carbocycles. The van der Waals surface area contributed by atoms with Crippen LogP contribution in [0.2, 0.25) is 0 Å². The van der Waals surface area contributed by atoms with Crippen LogP contribution in [0.3, 0.4) is 0 Å². The van der Waals surface area contributed by atoms with Crippen molar-refractivity contribution in [3.05, 3.63) is 47.4 Å². The number of nitrogens with zero attached hydrogens (tertiary/aromatic N) is 7. The van der Waals surface area contributed by atoms with Gasteiger partial charge in [0.05, 0.1) is 23.1 Å². The molecule has 0 bridgehead atoms. The fraction of sp³-hybridized carbons (Fsp3) is 0.391. The van der Waals surface area contributed by atoms with Gasteiger partial charge in [-0.1, -0.05) is 25.1 Å². The zero-order chi connectivity index (χ0) is 21.5. The molecule has 1 saturated heterocycles. The molecule has 0 saturated carbocycles. The molecular formula is C23H28N8. The fourth-order valence-electron chi connectivity index (χ4n) is 4.41. The van der Waals surface area contributed by atoms with Gasteiger partial charge in [0.2, 0.25) is 0 Å². The van der Waals surface area contributed by atoms with Gasteiger partial charge < -0.3 is 15.5 Å². The highest BCUT2D eigenvalue weighted by atomic mass is 15.3. The van der Waals surface area contributed by atoms with Gasteiger partial charge in [-0.3, -0.25) is 0 Å². The Hall–Kier alpha value is -3.26. The van der Waals surface area contributed by atoms with Crippen LogP contribution in [0.15, 0.2) is 30.6 Å². The number of rotatable bonds is 4. The molecule has 0 amide bonds. The van der Waals surface area contributed by atoms with E-state index in [1.807, 2.05) is 4.68 Å². The number of benzene rings is 1. The lowest BCUT2D eigenvalue weighted by Gasteiger charge is -2.34. The van der Waals surface area contributed by atoms with Crippen LogP contribution >= 0.6 is 0 Å². The molecule has 0 radical (unpaired) electrons. The maximum absolute atomic E-state index is 6.16. The first-order chi connectivity index (χ1) is 15.0. The molecule has 8 heteroatoms. The summed E-state index contributed by atoms with van der Waals surface area (Å²) in [6.07, 6.45) is 2.29. The largest absolute Gasteiger partial charge is 0.383 e. The number of pyridine rings is 1. The van der Waals surface area contributed by atoms with Crippen molar-refractivity contribution in [1.82, 2.24) is 29.6 Å². The van der Waals surface area contributed by atoms with Crippen molar-refractivity contribution in [3.8, 4) is 0 Å². The minimum Gasteiger partial charge on any atom is -0.383 e. The Morgan fingerprint density at radius 1 is 1.10 bits per heavy atom. The number of aryl methyl sites for hydroxylation is 2. The number of piperazine rings is 1. The first kappa shape index (κ1) is 19.7. The van der Waals surface area contributed by atoms with E-state index in [1.165, 1.54) is 11.9 Å². The Kier molecular flexibility index (Phi) is 4.94. The minimum atomic E-state index is 0.486. The molecule has 5 rings (SSSR count). The molecule has 8 nitrogen and oxygen atoms in total. The van der Waals surface area contributed by atoms with Gasteiger partial charge >= 0.3 is 0 Å². The molecule has 1 aliphatic rings. The molecule has 0 unspecified atom stereocenters. The molecule has 160 valence electrons. The normalized spacial score (nSPS) is 15.3. The lowest BCUT2D eigenvalue weighted by Crippen LogP contribution is -2.45. The van der Waals surface area contributed by atoms with Gasteiger partial charge in [0.25, 0.3) is 0 Å². The van der Waals surface area contributed by atoms with Gasteiger partial charge in [0.1, 0.15) is 18.0 Å². The van der Waals surface area contributed by atoms with Crippen molar-refractivity contribution < 1.29 is 0 Å². The second kappa shape index (κ2) is 7.77. The third-order valence-corrected chi connectivity index (χ3v) is 6.19. The summed E-state index contributed by atoms with van der Waals surface area (Å²) in [7, 11) is 2.17. The van der Waals surface area contributed by atoms with Crippen molar-refractivity contribution in [3.63, 3.8) is 0 Å². The van der Waals surface area contributed by atoms with Crippen LogP contribution in [0.25, 0.3) is 21.9 Å². The third kappa shape index (κ3) is 3.46. The topological polar surface area (TPSA) is 89.0 Å². The number of anilines is 2. The smallest absolute Gasteiger partial charge is 0.163 e. The number of hydrogen-bond donors (Lipinski definition) is 1. The predicted octanol–water partition coefficient (Wildman–Crippen LogP) is 2.63. The molecular weight excluding hydrogens is 388 g/mol. The average molecular weight is 417 g/mol.